The van der Waals surface area contributed by atoms with Gasteiger partial charge in [0.05, 0.1) is 12.1 Å². The number of phenols is 1. The summed E-state index contributed by atoms with van der Waals surface area (Å²) in [7, 11) is 1.28. The maximum absolute atomic E-state index is 11.0. The fourth-order valence-corrected chi connectivity index (χ4v) is 1.37. The van der Waals surface area contributed by atoms with E-state index >= 15 is 0 Å². The first-order valence-electron chi connectivity index (χ1n) is 4.35. The first-order valence-corrected chi connectivity index (χ1v) is 4.73. The average molecular weight is 266 g/mol. The Hall–Kier alpha value is -0.970. The lowest BCUT2D eigenvalue weighted by atomic mass is 10.1. The third-order valence-corrected chi connectivity index (χ3v) is 2.27. The maximum Gasteiger partial charge on any atom is 0.322 e. The number of halogens is 2. The van der Waals surface area contributed by atoms with E-state index in [9.17, 15) is 9.90 Å². The van der Waals surface area contributed by atoms with Gasteiger partial charge in [-0.25, -0.2) is 0 Å². The molecule has 0 aliphatic rings. The highest BCUT2D eigenvalue weighted by molar-refractivity contribution is 6.32. The molecule has 0 aliphatic heterocycles. The number of methoxy groups -OCH3 is 1. The zero-order valence-corrected chi connectivity index (χ0v) is 10.2. The Balaban J connectivity index is 0.00000225. The molecule has 3 N–H and O–H groups in total. The molecule has 0 fully saturated rings. The van der Waals surface area contributed by atoms with E-state index in [2.05, 4.69) is 4.74 Å². The molecule has 0 spiro atoms. The zero-order valence-electron chi connectivity index (χ0n) is 8.64. The molecule has 1 aromatic rings. The van der Waals surface area contributed by atoms with Crippen LogP contribution in [0.2, 0.25) is 5.02 Å². The summed E-state index contributed by atoms with van der Waals surface area (Å²) in [5, 5.41) is 9.42. The molecule has 0 saturated heterocycles. The van der Waals surface area contributed by atoms with E-state index in [1.807, 2.05) is 0 Å². The fourth-order valence-electron chi connectivity index (χ4n) is 1.17. The van der Waals surface area contributed by atoms with Gasteiger partial charge in [0.25, 0.3) is 0 Å². The minimum absolute atomic E-state index is 0. The number of hydrogen-bond donors (Lipinski definition) is 2. The number of ether oxygens (including phenoxy) is 1. The molecule has 1 atom stereocenters. The molecule has 90 valence electrons. The van der Waals surface area contributed by atoms with Crippen LogP contribution in [-0.2, 0) is 16.0 Å². The molecule has 6 heteroatoms. The molecule has 0 unspecified atom stereocenters. The second kappa shape index (κ2) is 6.58. The topological polar surface area (TPSA) is 72.5 Å². The molecule has 0 aliphatic carbocycles. The van der Waals surface area contributed by atoms with Gasteiger partial charge in [0, 0.05) is 0 Å². The SMILES string of the molecule is COC(=O)[C@@H](N)Cc1ccc(O)c(Cl)c1.Cl. The van der Waals surface area contributed by atoms with E-state index in [0.29, 0.717) is 6.42 Å². The number of carbonyl (C=O) groups excluding carboxylic acids is 1. The van der Waals surface area contributed by atoms with Gasteiger partial charge in [-0.3, -0.25) is 4.79 Å². The van der Waals surface area contributed by atoms with E-state index in [1.54, 1.807) is 12.1 Å². The van der Waals surface area contributed by atoms with E-state index < -0.39 is 12.0 Å². The van der Waals surface area contributed by atoms with Gasteiger partial charge in [0.15, 0.2) is 0 Å². The summed E-state index contributed by atoms with van der Waals surface area (Å²) in [6.07, 6.45) is 0.326. The van der Waals surface area contributed by atoms with Crippen LogP contribution in [0.3, 0.4) is 0 Å². The molecule has 0 amide bonds. The van der Waals surface area contributed by atoms with Crippen molar-refractivity contribution in [3.8, 4) is 5.75 Å². The van der Waals surface area contributed by atoms with Crippen LogP contribution in [0.15, 0.2) is 18.2 Å². The molecule has 16 heavy (non-hydrogen) atoms. The molecular formula is C10H13Cl2NO3. The van der Waals surface area contributed by atoms with Crippen LogP contribution < -0.4 is 5.73 Å². The molecular weight excluding hydrogens is 253 g/mol. The Bertz CT molecular complexity index is 371. The lowest BCUT2D eigenvalue weighted by Gasteiger charge is -2.09. The monoisotopic (exact) mass is 265 g/mol. The Labute approximate surface area is 105 Å². The molecule has 0 aromatic heterocycles. The third kappa shape index (κ3) is 3.89. The highest BCUT2D eigenvalue weighted by Gasteiger charge is 2.14. The van der Waals surface area contributed by atoms with Crippen LogP contribution in [0.5, 0.6) is 5.75 Å². The smallest absolute Gasteiger partial charge is 0.322 e. The van der Waals surface area contributed by atoms with Crippen molar-refractivity contribution in [3.05, 3.63) is 28.8 Å². The van der Waals surface area contributed by atoms with Crippen molar-refractivity contribution in [1.82, 2.24) is 0 Å². The number of benzene rings is 1. The lowest BCUT2D eigenvalue weighted by molar-refractivity contribution is -0.142. The number of carbonyl (C=O) groups is 1. The summed E-state index contributed by atoms with van der Waals surface area (Å²) in [4.78, 5) is 11.0. The largest absolute Gasteiger partial charge is 0.506 e. The molecule has 1 rings (SSSR count). The van der Waals surface area contributed by atoms with Crippen LogP contribution in [-0.4, -0.2) is 24.2 Å². The van der Waals surface area contributed by atoms with E-state index in [0.717, 1.165) is 5.56 Å². The Kier molecular flexibility index (Phi) is 6.18. The molecule has 4 nitrogen and oxygen atoms in total. The van der Waals surface area contributed by atoms with Crippen molar-refractivity contribution in [3.63, 3.8) is 0 Å². The molecule has 0 saturated carbocycles. The Morgan fingerprint density at radius 1 is 1.62 bits per heavy atom. The molecule has 1 aromatic carbocycles. The van der Waals surface area contributed by atoms with E-state index in [-0.39, 0.29) is 23.2 Å². The Morgan fingerprint density at radius 2 is 2.25 bits per heavy atom. The summed E-state index contributed by atoms with van der Waals surface area (Å²) < 4.78 is 4.49. The van der Waals surface area contributed by atoms with Crippen LogP contribution in [0, 0.1) is 0 Å². The Morgan fingerprint density at radius 3 is 2.75 bits per heavy atom. The standard InChI is InChI=1S/C10H12ClNO3.ClH/c1-15-10(14)8(12)5-6-2-3-9(13)7(11)4-6;/h2-4,8,13H,5,12H2,1H3;1H/t8-;/m0./s1. The predicted octanol–water partition coefficient (Wildman–Crippen LogP) is 1.51. The van der Waals surface area contributed by atoms with E-state index in [1.165, 1.54) is 13.2 Å². The van der Waals surface area contributed by atoms with Gasteiger partial charge in [-0.1, -0.05) is 17.7 Å². The summed E-state index contributed by atoms with van der Waals surface area (Å²) >= 11 is 5.70. The summed E-state index contributed by atoms with van der Waals surface area (Å²) in [5.41, 5.74) is 6.34. The van der Waals surface area contributed by atoms with Gasteiger partial charge in [0.2, 0.25) is 0 Å². The van der Waals surface area contributed by atoms with Gasteiger partial charge < -0.3 is 15.6 Å². The lowest BCUT2D eigenvalue weighted by Crippen LogP contribution is -2.33. The highest BCUT2D eigenvalue weighted by atomic mass is 35.5. The van der Waals surface area contributed by atoms with Gasteiger partial charge in [-0.05, 0) is 24.1 Å². The van der Waals surface area contributed by atoms with Crippen LogP contribution in [0.1, 0.15) is 5.56 Å². The van der Waals surface area contributed by atoms with Gasteiger partial charge >= 0.3 is 5.97 Å². The summed E-state index contributed by atoms with van der Waals surface area (Å²) in [6.45, 7) is 0. The number of aromatic hydroxyl groups is 1. The summed E-state index contributed by atoms with van der Waals surface area (Å²) in [5.74, 6) is -0.466. The minimum atomic E-state index is -0.712. The van der Waals surface area contributed by atoms with Gasteiger partial charge in [0.1, 0.15) is 11.8 Å². The summed E-state index contributed by atoms with van der Waals surface area (Å²) in [6, 6.07) is 3.97. The second-order valence-electron chi connectivity index (χ2n) is 3.12. The maximum atomic E-state index is 11.0. The average Bonchev–Trinajstić information content (AvgIpc) is 2.22. The predicted molar refractivity (Wildman–Crippen MR) is 64.1 cm³/mol. The van der Waals surface area contributed by atoms with Crippen molar-refractivity contribution in [2.24, 2.45) is 5.73 Å². The number of esters is 1. The zero-order chi connectivity index (χ0) is 11.4. The van der Waals surface area contributed by atoms with Crippen LogP contribution >= 0.6 is 24.0 Å². The highest BCUT2D eigenvalue weighted by Crippen LogP contribution is 2.24. The molecule has 0 radical (unpaired) electrons. The van der Waals surface area contributed by atoms with Crippen molar-refractivity contribution in [2.75, 3.05) is 7.11 Å². The second-order valence-corrected chi connectivity index (χ2v) is 3.53. The normalized spacial score (nSPS) is 11.4. The number of hydrogen-bond acceptors (Lipinski definition) is 4. The number of phenolic OH excluding ortho intramolecular Hbond substituents is 1. The van der Waals surface area contributed by atoms with Crippen molar-refractivity contribution in [1.29, 1.82) is 0 Å². The molecule has 0 bridgehead atoms. The third-order valence-electron chi connectivity index (χ3n) is 1.97. The first-order chi connectivity index (χ1) is 7.04. The number of rotatable bonds is 3. The fraction of sp³-hybridized carbons (Fsp3) is 0.300. The quantitative estimate of drug-likeness (QED) is 0.813. The van der Waals surface area contributed by atoms with Crippen molar-refractivity contribution < 1.29 is 14.6 Å². The first kappa shape index (κ1) is 15.0. The number of nitrogens with two attached hydrogens (primary N) is 1. The van der Waals surface area contributed by atoms with Gasteiger partial charge in [-0.15, -0.1) is 12.4 Å². The van der Waals surface area contributed by atoms with Crippen LogP contribution in [0.25, 0.3) is 0 Å². The minimum Gasteiger partial charge on any atom is -0.506 e. The van der Waals surface area contributed by atoms with Crippen LogP contribution in [0.4, 0.5) is 0 Å². The van der Waals surface area contributed by atoms with Gasteiger partial charge in [-0.2, -0.15) is 0 Å². The van der Waals surface area contributed by atoms with Crippen molar-refractivity contribution >= 4 is 30.0 Å². The van der Waals surface area contributed by atoms with E-state index in [4.69, 9.17) is 17.3 Å². The van der Waals surface area contributed by atoms with Crippen molar-refractivity contribution in [2.45, 2.75) is 12.5 Å². The molecule has 0 heterocycles.